The maximum atomic E-state index is 15.2. The van der Waals surface area contributed by atoms with Crippen LogP contribution in [0.25, 0.3) is 21.9 Å². The molecule has 0 aliphatic rings. The largest absolute Gasteiger partial charge is 0.432 e. The number of fused-ring (bicyclic) bond motifs is 1. The lowest BCUT2D eigenvalue weighted by Gasteiger charge is -2.11. The van der Waals surface area contributed by atoms with Gasteiger partial charge in [0.05, 0.1) is 0 Å². The number of hydrogen-bond donors (Lipinski definition) is 0. The molecule has 0 aliphatic carbocycles. The average Bonchev–Trinajstić information content (AvgIpc) is 2.85. The number of alkyl halides is 2. The molecule has 0 heterocycles. The predicted molar refractivity (Wildman–Crippen MR) is 133 cm³/mol. The van der Waals surface area contributed by atoms with Crippen molar-refractivity contribution in [2.45, 2.75) is 39.2 Å². The Bertz CT molecular complexity index is 1390. The highest BCUT2D eigenvalue weighted by molar-refractivity contribution is 5.88. The van der Waals surface area contributed by atoms with Gasteiger partial charge < -0.3 is 4.74 Å². The maximum Gasteiger partial charge on any atom is 0.387 e. The van der Waals surface area contributed by atoms with Crippen molar-refractivity contribution in [1.29, 1.82) is 0 Å². The number of halogens is 5. The quantitative estimate of drug-likeness (QED) is 0.166. The summed E-state index contributed by atoms with van der Waals surface area (Å²) in [6, 6.07) is 17.5. The van der Waals surface area contributed by atoms with Gasteiger partial charge in [-0.15, -0.1) is 0 Å². The third-order valence-corrected chi connectivity index (χ3v) is 6.11. The van der Waals surface area contributed by atoms with Crippen LogP contribution in [-0.2, 0) is 19.3 Å². The van der Waals surface area contributed by atoms with Gasteiger partial charge in [0.1, 0.15) is 11.6 Å². The Morgan fingerprint density at radius 2 is 1.53 bits per heavy atom. The summed E-state index contributed by atoms with van der Waals surface area (Å²) in [4.78, 5) is 0. The Kier molecular flexibility index (Phi) is 8.04. The van der Waals surface area contributed by atoms with E-state index in [0.29, 0.717) is 45.9 Å². The van der Waals surface area contributed by atoms with Crippen LogP contribution < -0.4 is 4.74 Å². The summed E-state index contributed by atoms with van der Waals surface area (Å²) in [5.41, 5.74) is 3.02. The number of allylic oxidation sites excluding steroid dienone is 2. The summed E-state index contributed by atoms with van der Waals surface area (Å²) < 4.78 is 72.7. The van der Waals surface area contributed by atoms with E-state index in [4.69, 9.17) is 0 Å². The van der Waals surface area contributed by atoms with Crippen LogP contribution in [0.5, 0.6) is 5.75 Å². The van der Waals surface area contributed by atoms with Crippen molar-refractivity contribution in [1.82, 2.24) is 0 Å². The van der Waals surface area contributed by atoms with E-state index in [1.807, 2.05) is 25.1 Å². The standard InChI is InChI=1S/C30H25F5O/c1-2-3-4-5-19-7-13-24(26(31)16-19)22-12-14-25-23(18-22)11-10-21(29(25)33)9-6-20-8-15-28(27(32)17-20)36-30(34)35/h2-3,7-8,10-18,30H,4-6,9H2,1H3/b3-2+. The summed E-state index contributed by atoms with van der Waals surface area (Å²) in [6.45, 7) is -1.16. The third-order valence-electron chi connectivity index (χ3n) is 6.11. The van der Waals surface area contributed by atoms with Crippen molar-refractivity contribution in [2.75, 3.05) is 0 Å². The second kappa shape index (κ2) is 11.4. The van der Waals surface area contributed by atoms with Crippen LogP contribution in [0.4, 0.5) is 22.0 Å². The fourth-order valence-corrected chi connectivity index (χ4v) is 4.23. The van der Waals surface area contributed by atoms with Crippen molar-refractivity contribution in [3.8, 4) is 16.9 Å². The molecule has 0 unspecified atom stereocenters. The fourth-order valence-electron chi connectivity index (χ4n) is 4.23. The van der Waals surface area contributed by atoms with Gasteiger partial charge in [0.2, 0.25) is 0 Å². The smallest absolute Gasteiger partial charge is 0.387 e. The monoisotopic (exact) mass is 496 g/mol. The molecule has 0 N–H and O–H groups in total. The molecule has 186 valence electrons. The first-order chi connectivity index (χ1) is 17.4. The highest BCUT2D eigenvalue weighted by atomic mass is 19.3. The molecular formula is C30H25F5O. The molecule has 0 radical (unpaired) electrons. The summed E-state index contributed by atoms with van der Waals surface area (Å²) in [6.07, 6.45) is 6.22. The molecule has 0 amide bonds. The van der Waals surface area contributed by atoms with Gasteiger partial charge in [0, 0.05) is 10.9 Å². The summed E-state index contributed by atoms with van der Waals surface area (Å²) in [5, 5.41) is 1.05. The normalized spacial score (nSPS) is 11.6. The van der Waals surface area contributed by atoms with Gasteiger partial charge in [0.15, 0.2) is 11.6 Å². The Hall–Kier alpha value is -3.67. The molecule has 0 saturated heterocycles. The van der Waals surface area contributed by atoms with Crippen LogP contribution in [0.1, 0.15) is 30.0 Å². The van der Waals surface area contributed by atoms with Gasteiger partial charge in [-0.25, -0.2) is 13.2 Å². The minimum absolute atomic E-state index is 0.293. The van der Waals surface area contributed by atoms with Crippen LogP contribution in [0, 0.1) is 17.5 Å². The Balaban J connectivity index is 1.51. The predicted octanol–water partition coefficient (Wildman–Crippen LogP) is 8.82. The van der Waals surface area contributed by atoms with E-state index in [1.54, 1.807) is 42.5 Å². The summed E-state index contributed by atoms with van der Waals surface area (Å²) in [7, 11) is 0. The van der Waals surface area contributed by atoms with E-state index < -0.39 is 24.0 Å². The first-order valence-electron chi connectivity index (χ1n) is 11.7. The SMILES string of the molecule is C/C=C/CCc1ccc(-c2ccc3c(F)c(CCc4ccc(OC(F)F)c(F)c4)ccc3c2)c(F)c1. The van der Waals surface area contributed by atoms with E-state index in [-0.39, 0.29) is 5.82 Å². The second-order valence-corrected chi connectivity index (χ2v) is 8.54. The molecule has 0 bridgehead atoms. The number of hydrogen-bond acceptors (Lipinski definition) is 1. The fraction of sp³-hybridized carbons (Fsp3) is 0.200. The molecule has 0 atom stereocenters. The number of rotatable bonds is 9. The molecule has 0 spiro atoms. The topological polar surface area (TPSA) is 9.23 Å². The van der Waals surface area contributed by atoms with Crippen molar-refractivity contribution in [3.05, 3.63) is 113 Å². The van der Waals surface area contributed by atoms with Gasteiger partial charge in [-0.2, -0.15) is 8.78 Å². The van der Waals surface area contributed by atoms with Crippen molar-refractivity contribution in [3.63, 3.8) is 0 Å². The van der Waals surface area contributed by atoms with Crippen LogP contribution >= 0.6 is 0 Å². The van der Waals surface area contributed by atoms with Crippen LogP contribution in [0.15, 0.2) is 78.9 Å². The lowest BCUT2D eigenvalue weighted by Crippen LogP contribution is -2.04. The highest BCUT2D eigenvalue weighted by Crippen LogP contribution is 2.30. The molecular weight excluding hydrogens is 471 g/mol. The first-order valence-corrected chi connectivity index (χ1v) is 11.7. The molecule has 4 rings (SSSR count). The molecule has 1 nitrogen and oxygen atoms in total. The van der Waals surface area contributed by atoms with Gasteiger partial charge in [-0.05, 0) is 84.5 Å². The number of ether oxygens (including phenoxy) is 1. The van der Waals surface area contributed by atoms with Gasteiger partial charge in [-0.3, -0.25) is 0 Å². The molecule has 4 aromatic carbocycles. The zero-order chi connectivity index (χ0) is 25.7. The molecule has 36 heavy (non-hydrogen) atoms. The maximum absolute atomic E-state index is 15.2. The van der Waals surface area contributed by atoms with Crippen molar-refractivity contribution >= 4 is 10.8 Å². The Morgan fingerprint density at radius 1 is 0.778 bits per heavy atom. The molecule has 0 aromatic heterocycles. The third kappa shape index (κ3) is 5.93. The van der Waals surface area contributed by atoms with E-state index >= 15 is 4.39 Å². The van der Waals surface area contributed by atoms with Crippen LogP contribution in [0.2, 0.25) is 0 Å². The van der Waals surface area contributed by atoms with Crippen molar-refractivity contribution in [2.24, 2.45) is 0 Å². The minimum atomic E-state index is -3.11. The molecule has 6 heteroatoms. The minimum Gasteiger partial charge on any atom is -0.432 e. The highest BCUT2D eigenvalue weighted by Gasteiger charge is 2.13. The lowest BCUT2D eigenvalue weighted by molar-refractivity contribution is -0.0522. The zero-order valence-corrected chi connectivity index (χ0v) is 19.7. The van der Waals surface area contributed by atoms with Crippen LogP contribution in [0.3, 0.4) is 0 Å². The summed E-state index contributed by atoms with van der Waals surface area (Å²) in [5.74, 6) is -2.13. The zero-order valence-electron chi connectivity index (χ0n) is 19.7. The lowest BCUT2D eigenvalue weighted by atomic mass is 9.96. The Morgan fingerprint density at radius 3 is 2.25 bits per heavy atom. The van der Waals surface area contributed by atoms with E-state index in [1.165, 1.54) is 6.07 Å². The average molecular weight is 497 g/mol. The second-order valence-electron chi connectivity index (χ2n) is 8.54. The summed E-state index contributed by atoms with van der Waals surface area (Å²) >= 11 is 0. The molecule has 0 fully saturated rings. The Labute approximate surface area is 206 Å². The molecule has 0 saturated carbocycles. The first kappa shape index (κ1) is 25.4. The van der Waals surface area contributed by atoms with E-state index in [0.717, 1.165) is 30.5 Å². The molecule has 0 aliphatic heterocycles. The van der Waals surface area contributed by atoms with Gasteiger partial charge >= 0.3 is 6.61 Å². The molecule has 4 aromatic rings. The van der Waals surface area contributed by atoms with Gasteiger partial charge in [0.25, 0.3) is 0 Å². The number of benzene rings is 4. The van der Waals surface area contributed by atoms with E-state index in [9.17, 15) is 17.6 Å². The van der Waals surface area contributed by atoms with Crippen molar-refractivity contribution < 1.29 is 26.7 Å². The van der Waals surface area contributed by atoms with Crippen LogP contribution in [-0.4, -0.2) is 6.61 Å². The number of aryl methyl sites for hydroxylation is 3. The van der Waals surface area contributed by atoms with Gasteiger partial charge in [-0.1, -0.05) is 54.6 Å². The van der Waals surface area contributed by atoms with E-state index in [2.05, 4.69) is 4.74 Å².